The molecule has 0 aliphatic carbocycles. The molecule has 5 nitrogen and oxygen atoms in total. The number of anilines is 1. The predicted molar refractivity (Wildman–Crippen MR) is 58.4 cm³/mol. The second kappa shape index (κ2) is 5.70. The van der Waals surface area contributed by atoms with Crippen molar-refractivity contribution in [3.63, 3.8) is 0 Å². The molecule has 0 spiro atoms. The van der Waals surface area contributed by atoms with Crippen LogP contribution in [0.4, 0.5) is 10.1 Å². The van der Waals surface area contributed by atoms with Gasteiger partial charge < -0.3 is 14.8 Å². The summed E-state index contributed by atoms with van der Waals surface area (Å²) in [6.45, 7) is 0. The number of amides is 1. The van der Waals surface area contributed by atoms with E-state index in [1.807, 2.05) is 0 Å². The van der Waals surface area contributed by atoms with Crippen LogP contribution in [-0.4, -0.2) is 20.1 Å². The smallest absolute Gasteiger partial charge is 0.238 e. The van der Waals surface area contributed by atoms with Crippen molar-refractivity contribution in [1.29, 1.82) is 5.26 Å². The van der Waals surface area contributed by atoms with Crippen LogP contribution in [0.3, 0.4) is 0 Å². The maximum atomic E-state index is 13.7. The molecule has 0 saturated carbocycles. The summed E-state index contributed by atoms with van der Waals surface area (Å²) in [5.74, 6) is -1.01. The summed E-state index contributed by atoms with van der Waals surface area (Å²) in [7, 11) is 2.71. The monoisotopic (exact) mass is 238 g/mol. The second-order valence-electron chi connectivity index (χ2n) is 3.07. The highest BCUT2D eigenvalue weighted by atomic mass is 19.1. The first kappa shape index (κ1) is 12.8. The minimum Gasteiger partial charge on any atom is -0.497 e. The van der Waals surface area contributed by atoms with E-state index in [4.69, 9.17) is 14.7 Å². The molecule has 17 heavy (non-hydrogen) atoms. The molecular formula is C11H11FN2O3. The van der Waals surface area contributed by atoms with Crippen LogP contribution in [0, 0.1) is 17.1 Å². The fourth-order valence-corrected chi connectivity index (χ4v) is 1.20. The molecule has 0 saturated heterocycles. The van der Waals surface area contributed by atoms with Crippen LogP contribution in [0.15, 0.2) is 12.1 Å². The first-order chi connectivity index (χ1) is 8.12. The van der Waals surface area contributed by atoms with Gasteiger partial charge in [0.2, 0.25) is 5.91 Å². The summed E-state index contributed by atoms with van der Waals surface area (Å²) < 4.78 is 23.4. The van der Waals surface area contributed by atoms with Crippen molar-refractivity contribution in [2.75, 3.05) is 19.5 Å². The van der Waals surface area contributed by atoms with Gasteiger partial charge >= 0.3 is 0 Å². The molecule has 1 aromatic carbocycles. The van der Waals surface area contributed by atoms with Crippen molar-refractivity contribution in [2.24, 2.45) is 0 Å². The zero-order chi connectivity index (χ0) is 12.8. The third-order valence-electron chi connectivity index (χ3n) is 1.98. The summed E-state index contributed by atoms with van der Waals surface area (Å²) in [4.78, 5) is 11.2. The molecule has 0 unspecified atom stereocenters. The van der Waals surface area contributed by atoms with E-state index in [-0.39, 0.29) is 17.9 Å². The zero-order valence-electron chi connectivity index (χ0n) is 9.41. The van der Waals surface area contributed by atoms with Crippen LogP contribution in [-0.2, 0) is 4.79 Å². The Labute approximate surface area is 97.8 Å². The summed E-state index contributed by atoms with van der Waals surface area (Å²) in [5.41, 5.74) is -0.0820. The number of nitrogens with zero attached hydrogens (tertiary/aromatic N) is 1. The summed E-state index contributed by atoms with van der Waals surface area (Å²) in [5, 5.41) is 10.6. The first-order valence-corrected chi connectivity index (χ1v) is 4.70. The first-order valence-electron chi connectivity index (χ1n) is 4.70. The molecule has 0 heterocycles. The molecule has 0 aliphatic rings. The van der Waals surface area contributed by atoms with Gasteiger partial charge in [0, 0.05) is 12.1 Å². The normalized spacial score (nSPS) is 9.29. The van der Waals surface area contributed by atoms with E-state index in [1.165, 1.54) is 26.4 Å². The van der Waals surface area contributed by atoms with E-state index in [0.717, 1.165) is 0 Å². The number of hydrogen-bond donors (Lipinski definition) is 1. The van der Waals surface area contributed by atoms with Crippen LogP contribution in [0.2, 0.25) is 0 Å². The molecular weight excluding hydrogens is 227 g/mol. The molecule has 0 fully saturated rings. The van der Waals surface area contributed by atoms with Gasteiger partial charge in [-0.2, -0.15) is 5.26 Å². The number of carbonyl (C=O) groups is 1. The lowest BCUT2D eigenvalue weighted by atomic mass is 10.2. The van der Waals surface area contributed by atoms with E-state index in [2.05, 4.69) is 5.32 Å². The summed E-state index contributed by atoms with van der Waals surface area (Å²) >= 11 is 0. The van der Waals surface area contributed by atoms with Gasteiger partial charge in [0.05, 0.1) is 26.0 Å². The lowest BCUT2D eigenvalue weighted by molar-refractivity contribution is -0.115. The van der Waals surface area contributed by atoms with Crippen LogP contribution in [0.5, 0.6) is 11.5 Å². The van der Waals surface area contributed by atoms with Crippen molar-refractivity contribution in [3.8, 4) is 17.6 Å². The molecule has 1 rings (SSSR count). The molecule has 90 valence electrons. The quantitative estimate of drug-likeness (QED) is 0.866. The Kier molecular flexibility index (Phi) is 4.29. The molecule has 0 aliphatic heterocycles. The Bertz CT molecular complexity index is 469. The molecule has 1 N–H and O–H groups in total. The average Bonchev–Trinajstić information content (AvgIpc) is 2.32. The Morgan fingerprint density at radius 2 is 2.18 bits per heavy atom. The van der Waals surface area contributed by atoms with Crippen LogP contribution in [0.1, 0.15) is 6.42 Å². The van der Waals surface area contributed by atoms with E-state index in [9.17, 15) is 9.18 Å². The lowest BCUT2D eigenvalue weighted by Gasteiger charge is -2.10. The molecule has 1 aromatic rings. The Balaban J connectivity index is 3.05. The number of benzene rings is 1. The highest BCUT2D eigenvalue weighted by molar-refractivity contribution is 5.92. The highest BCUT2D eigenvalue weighted by Gasteiger charge is 2.14. The number of nitrogens with one attached hydrogen (secondary N) is 1. The molecule has 1 amide bonds. The third kappa shape index (κ3) is 3.08. The van der Waals surface area contributed by atoms with Crippen molar-refractivity contribution in [3.05, 3.63) is 17.9 Å². The number of nitriles is 1. The van der Waals surface area contributed by atoms with Gasteiger partial charge in [0.25, 0.3) is 0 Å². The molecule has 6 heteroatoms. The Morgan fingerprint density at radius 3 is 2.71 bits per heavy atom. The number of rotatable bonds is 4. The largest absolute Gasteiger partial charge is 0.497 e. The Morgan fingerprint density at radius 1 is 1.47 bits per heavy atom. The number of hydrogen-bond acceptors (Lipinski definition) is 4. The molecule has 0 radical (unpaired) electrons. The van der Waals surface area contributed by atoms with Gasteiger partial charge in [0.15, 0.2) is 11.6 Å². The van der Waals surface area contributed by atoms with E-state index >= 15 is 0 Å². The van der Waals surface area contributed by atoms with E-state index in [1.54, 1.807) is 6.07 Å². The van der Waals surface area contributed by atoms with Crippen LogP contribution >= 0.6 is 0 Å². The summed E-state index contributed by atoms with van der Waals surface area (Å²) in [6, 6.07) is 4.34. The fourth-order valence-electron chi connectivity index (χ4n) is 1.20. The van der Waals surface area contributed by atoms with Crippen molar-refractivity contribution in [2.45, 2.75) is 6.42 Å². The topological polar surface area (TPSA) is 71.3 Å². The van der Waals surface area contributed by atoms with Gasteiger partial charge in [0.1, 0.15) is 12.2 Å². The van der Waals surface area contributed by atoms with Gasteiger partial charge in [-0.1, -0.05) is 0 Å². The average molecular weight is 238 g/mol. The van der Waals surface area contributed by atoms with Crippen molar-refractivity contribution in [1.82, 2.24) is 0 Å². The number of carbonyl (C=O) groups excluding carboxylic acids is 1. The SMILES string of the molecule is COc1cc(NC(=O)CC#N)c(F)c(OC)c1. The van der Waals surface area contributed by atoms with Gasteiger partial charge in [-0.3, -0.25) is 4.79 Å². The van der Waals surface area contributed by atoms with Gasteiger partial charge in [-0.05, 0) is 0 Å². The third-order valence-corrected chi connectivity index (χ3v) is 1.98. The number of methoxy groups -OCH3 is 2. The van der Waals surface area contributed by atoms with E-state index in [0.29, 0.717) is 5.75 Å². The lowest BCUT2D eigenvalue weighted by Crippen LogP contribution is -2.12. The molecule has 0 aromatic heterocycles. The fraction of sp³-hybridized carbons (Fsp3) is 0.273. The zero-order valence-corrected chi connectivity index (χ0v) is 9.41. The number of halogens is 1. The van der Waals surface area contributed by atoms with E-state index < -0.39 is 11.7 Å². The van der Waals surface area contributed by atoms with Crippen LogP contribution in [0.25, 0.3) is 0 Å². The maximum absolute atomic E-state index is 13.7. The standard InChI is InChI=1S/C11H11FN2O3/c1-16-7-5-8(14-10(15)3-4-13)11(12)9(6-7)17-2/h5-6H,3H2,1-2H3,(H,14,15). The molecule has 0 bridgehead atoms. The minimum atomic E-state index is -0.709. The molecule has 0 atom stereocenters. The highest BCUT2D eigenvalue weighted by Crippen LogP contribution is 2.30. The van der Waals surface area contributed by atoms with Gasteiger partial charge in [-0.25, -0.2) is 4.39 Å². The second-order valence-corrected chi connectivity index (χ2v) is 3.07. The van der Waals surface area contributed by atoms with Crippen molar-refractivity contribution >= 4 is 11.6 Å². The van der Waals surface area contributed by atoms with Crippen LogP contribution < -0.4 is 14.8 Å². The van der Waals surface area contributed by atoms with Crippen molar-refractivity contribution < 1.29 is 18.7 Å². The van der Waals surface area contributed by atoms with Gasteiger partial charge in [-0.15, -0.1) is 0 Å². The Hall–Kier alpha value is -2.29. The maximum Gasteiger partial charge on any atom is 0.238 e. The minimum absolute atomic E-state index is 0.0448. The number of ether oxygens (including phenoxy) is 2. The predicted octanol–water partition coefficient (Wildman–Crippen LogP) is 1.70. The summed E-state index contributed by atoms with van der Waals surface area (Å²) in [6.07, 6.45) is -0.348.